The van der Waals surface area contributed by atoms with Crippen molar-refractivity contribution >= 4 is 0 Å². The first-order valence-corrected chi connectivity index (χ1v) is 9.89. The van der Waals surface area contributed by atoms with Crippen LogP contribution in [0, 0.1) is 0 Å². The molecule has 150 valence electrons. The molecule has 0 saturated heterocycles. The molecule has 0 fully saturated rings. The fourth-order valence-corrected chi connectivity index (χ4v) is 2.50. The second-order valence-electron chi connectivity index (χ2n) is 7.00. The molecule has 26 heavy (non-hydrogen) atoms. The van der Waals surface area contributed by atoms with Gasteiger partial charge in [0, 0.05) is 12.1 Å². The average molecular weight is 369 g/mol. The summed E-state index contributed by atoms with van der Waals surface area (Å²) in [6.45, 7) is 11.8. The van der Waals surface area contributed by atoms with E-state index in [-0.39, 0.29) is 0 Å². The molecular weight excluding hydrogens is 332 g/mol. The normalized spacial score (nSPS) is 11.5. The van der Waals surface area contributed by atoms with E-state index < -0.39 is 5.60 Å². The van der Waals surface area contributed by atoms with Crippen LogP contribution < -0.4 is 14.2 Å². The lowest BCUT2D eigenvalue weighted by atomic mass is 9.95. The summed E-state index contributed by atoms with van der Waals surface area (Å²) >= 11 is 0. The Morgan fingerprint density at radius 2 is 1.19 bits per heavy atom. The van der Waals surface area contributed by atoms with Crippen molar-refractivity contribution in [3.8, 4) is 17.2 Å². The number of hydrogen-bond donors (Lipinski definition) is 1. The Morgan fingerprint density at radius 3 is 1.58 bits per heavy atom. The highest BCUT2D eigenvalue weighted by atomic mass is 17.1. The summed E-state index contributed by atoms with van der Waals surface area (Å²) < 4.78 is 17.9. The molecule has 1 rings (SSSR count). The van der Waals surface area contributed by atoms with Crippen LogP contribution in [0.4, 0.5) is 0 Å². The molecule has 0 amide bonds. The van der Waals surface area contributed by atoms with Crippen molar-refractivity contribution in [2.45, 2.75) is 78.7 Å². The van der Waals surface area contributed by atoms with Crippen LogP contribution in [0.2, 0.25) is 0 Å². The first-order chi connectivity index (χ1) is 12.5. The van der Waals surface area contributed by atoms with Gasteiger partial charge in [-0.15, -0.1) is 0 Å². The van der Waals surface area contributed by atoms with Gasteiger partial charge in [-0.1, -0.05) is 40.0 Å². The molecule has 1 aromatic rings. The number of rotatable bonds is 14. The maximum absolute atomic E-state index is 9.44. The minimum absolute atomic E-state index is 0.595. The summed E-state index contributed by atoms with van der Waals surface area (Å²) in [4.78, 5) is 4.76. The molecule has 0 aliphatic carbocycles. The number of unbranched alkanes of at least 4 members (excludes halogenated alkanes) is 3. The van der Waals surface area contributed by atoms with E-state index in [1.807, 2.05) is 12.1 Å². The van der Waals surface area contributed by atoms with Crippen LogP contribution in [0.25, 0.3) is 0 Å². The lowest BCUT2D eigenvalue weighted by Gasteiger charge is -2.27. The van der Waals surface area contributed by atoms with Gasteiger partial charge in [-0.3, -0.25) is 5.26 Å². The van der Waals surface area contributed by atoms with Gasteiger partial charge in [0.25, 0.3) is 0 Å². The Labute approximate surface area is 158 Å². The summed E-state index contributed by atoms with van der Waals surface area (Å²) in [5, 5.41) is 9.44. The van der Waals surface area contributed by atoms with Crippen LogP contribution in [0.1, 0.15) is 78.7 Å². The van der Waals surface area contributed by atoms with Crippen LogP contribution in [-0.4, -0.2) is 25.1 Å². The van der Waals surface area contributed by atoms with Gasteiger partial charge in [-0.2, -0.15) is 0 Å². The highest BCUT2D eigenvalue weighted by Crippen LogP contribution is 2.43. The molecule has 5 heteroatoms. The summed E-state index contributed by atoms with van der Waals surface area (Å²) in [6.07, 6.45) is 6.05. The van der Waals surface area contributed by atoms with Crippen LogP contribution in [0.5, 0.6) is 17.2 Å². The van der Waals surface area contributed by atoms with Crippen molar-refractivity contribution in [2.75, 3.05) is 19.8 Å². The summed E-state index contributed by atoms with van der Waals surface area (Å²) in [5.41, 5.74) is -0.250. The third kappa shape index (κ3) is 7.04. The van der Waals surface area contributed by atoms with Crippen molar-refractivity contribution in [1.82, 2.24) is 0 Å². The summed E-state index contributed by atoms with van der Waals surface area (Å²) in [7, 11) is 0. The van der Waals surface area contributed by atoms with E-state index in [2.05, 4.69) is 20.8 Å². The van der Waals surface area contributed by atoms with E-state index in [0.717, 1.165) is 38.5 Å². The molecule has 0 unspecified atom stereocenters. The van der Waals surface area contributed by atoms with E-state index in [4.69, 9.17) is 19.1 Å². The fourth-order valence-electron chi connectivity index (χ4n) is 2.50. The van der Waals surface area contributed by atoms with Crippen LogP contribution >= 0.6 is 0 Å². The Balaban J connectivity index is 3.23. The molecule has 0 bridgehead atoms. The van der Waals surface area contributed by atoms with Crippen LogP contribution in [-0.2, 0) is 10.5 Å². The number of ether oxygens (including phenoxy) is 3. The van der Waals surface area contributed by atoms with Crippen molar-refractivity contribution in [3.05, 3.63) is 17.7 Å². The molecule has 0 aliphatic rings. The molecule has 1 N–H and O–H groups in total. The number of hydrogen-bond acceptors (Lipinski definition) is 5. The van der Waals surface area contributed by atoms with Gasteiger partial charge in [0.2, 0.25) is 0 Å². The molecule has 0 saturated carbocycles. The Bertz CT molecular complexity index is 482. The minimum atomic E-state index is -0.953. The van der Waals surface area contributed by atoms with E-state index >= 15 is 0 Å². The monoisotopic (exact) mass is 368 g/mol. The zero-order valence-corrected chi connectivity index (χ0v) is 17.1. The fraction of sp³-hybridized carbons (Fsp3) is 0.714. The second-order valence-corrected chi connectivity index (χ2v) is 7.00. The molecule has 0 heterocycles. The molecule has 0 aromatic heterocycles. The van der Waals surface area contributed by atoms with Gasteiger partial charge in [0.15, 0.2) is 0 Å². The predicted molar refractivity (Wildman–Crippen MR) is 104 cm³/mol. The zero-order chi connectivity index (χ0) is 19.4. The van der Waals surface area contributed by atoms with Gasteiger partial charge in [-0.05, 0) is 33.1 Å². The molecular formula is C21H36O5. The highest BCUT2D eigenvalue weighted by molar-refractivity contribution is 5.53. The van der Waals surface area contributed by atoms with E-state index in [9.17, 15) is 5.26 Å². The number of benzene rings is 1. The largest absolute Gasteiger partial charge is 0.493 e. The lowest BCUT2D eigenvalue weighted by Crippen LogP contribution is -2.23. The van der Waals surface area contributed by atoms with Gasteiger partial charge >= 0.3 is 0 Å². The van der Waals surface area contributed by atoms with Crippen molar-refractivity contribution in [3.63, 3.8) is 0 Å². The van der Waals surface area contributed by atoms with Gasteiger partial charge in [0.1, 0.15) is 22.8 Å². The molecule has 0 radical (unpaired) electrons. The van der Waals surface area contributed by atoms with E-state index in [1.54, 1.807) is 13.8 Å². The van der Waals surface area contributed by atoms with Crippen LogP contribution in [0.3, 0.4) is 0 Å². The molecule has 1 aromatic carbocycles. The third-order valence-corrected chi connectivity index (χ3v) is 4.15. The Morgan fingerprint density at radius 1 is 0.769 bits per heavy atom. The Hall–Kier alpha value is -1.46. The van der Waals surface area contributed by atoms with E-state index in [0.29, 0.717) is 42.6 Å². The summed E-state index contributed by atoms with van der Waals surface area (Å²) in [6, 6.07) is 3.74. The molecule has 0 atom stereocenters. The highest BCUT2D eigenvalue weighted by Gasteiger charge is 2.31. The summed E-state index contributed by atoms with van der Waals surface area (Å²) in [5.74, 6) is 1.99. The topological polar surface area (TPSA) is 57.2 Å². The lowest BCUT2D eigenvalue weighted by molar-refractivity contribution is -0.318. The SMILES string of the molecule is CCCCOc1cc(OCCCC)c(C(C)(C)OO)c(OCCCC)c1. The zero-order valence-electron chi connectivity index (χ0n) is 17.1. The first kappa shape index (κ1) is 22.6. The average Bonchev–Trinajstić information content (AvgIpc) is 2.62. The standard InChI is InChI=1S/C21H36O5/c1-6-9-12-23-17-15-18(24-13-10-7-2)20(21(4,5)26-22)19(16-17)25-14-11-8-3/h15-16,22H,6-14H2,1-5H3. The first-order valence-electron chi connectivity index (χ1n) is 9.89. The van der Waals surface area contributed by atoms with Gasteiger partial charge < -0.3 is 14.2 Å². The van der Waals surface area contributed by atoms with Crippen molar-refractivity contribution in [2.24, 2.45) is 0 Å². The van der Waals surface area contributed by atoms with Crippen LogP contribution in [0.15, 0.2) is 12.1 Å². The van der Waals surface area contributed by atoms with Crippen molar-refractivity contribution < 1.29 is 24.4 Å². The maximum Gasteiger partial charge on any atom is 0.132 e. The second kappa shape index (κ2) is 12.0. The molecule has 5 nitrogen and oxygen atoms in total. The third-order valence-electron chi connectivity index (χ3n) is 4.15. The van der Waals surface area contributed by atoms with Crippen molar-refractivity contribution in [1.29, 1.82) is 0 Å². The maximum atomic E-state index is 9.44. The molecule has 0 aliphatic heterocycles. The quantitative estimate of drug-likeness (QED) is 0.250. The van der Waals surface area contributed by atoms with Gasteiger partial charge in [0.05, 0.1) is 25.4 Å². The smallest absolute Gasteiger partial charge is 0.132 e. The van der Waals surface area contributed by atoms with E-state index in [1.165, 1.54) is 0 Å². The Kier molecular flexibility index (Phi) is 10.4. The van der Waals surface area contributed by atoms with Gasteiger partial charge in [-0.25, -0.2) is 4.89 Å². The minimum Gasteiger partial charge on any atom is -0.493 e. The molecule has 0 spiro atoms. The predicted octanol–water partition coefficient (Wildman–Crippen LogP) is 5.95.